The second-order valence-electron chi connectivity index (χ2n) is 4.28. The van der Waals surface area contributed by atoms with Gasteiger partial charge in [0.2, 0.25) is 0 Å². The van der Waals surface area contributed by atoms with Crippen LogP contribution >= 0.6 is 0 Å². The van der Waals surface area contributed by atoms with Crippen molar-refractivity contribution in [2.45, 2.75) is 33.1 Å². The summed E-state index contributed by atoms with van der Waals surface area (Å²) in [4.78, 5) is 23.2. The fraction of sp³-hybridized carbons (Fsp3) is 0.417. The maximum atomic E-state index is 11.7. The lowest BCUT2D eigenvalue weighted by Gasteiger charge is -1.99. The van der Waals surface area contributed by atoms with Crippen molar-refractivity contribution < 1.29 is 4.79 Å². The van der Waals surface area contributed by atoms with E-state index in [9.17, 15) is 9.59 Å². The lowest BCUT2D eigenvalue weighted by atomic mass is 10.0. The summed E-state index contributed by atoms with van der Waals surface area (Å²) in [5.41, 5.74) is 4.61. The number of hydrazone groups is 1. The van der Waals surface area contributed by atoms with Crippen LogP contribution in [0.5, 0.6) is 0 Å². The predicted octanol–water partition coefficient (Wildman–Crippen LogP) is 1.07. The number of rotatable bonds is 4. The molecule has 2 rings (SSSR count). The van der Waals surface area contributed by atoms with Gasteiger partial charge in [-0.15, -0.1) is 0 Å². The summed E-state index contributed by atoms with van der Waals surface area (Å²) in [5, 5.41) is 9.22. The Hall–Kier alpha value is -2.11. The Balaban J connectivity index is 2.33. The van der Waals surface area contributed by atoms with Crippen molar-refractivity contribution in [2.24, 2.45) is 5.10 Å². The highest BCUT2D eigenvalue weighted by Gasteiger charge is 2.22. The molecule has 18 heavy (non-hydrogen) atoms. The minimum Gasteiger partial charge on any atom is -0.302 e. The van der Waals surface area contributed by atoms with E-state index in [2.05, 4.69) is 27.6 Å². The predicted molar refractivity (Wildman–Crippen MR) is 69.2 cm³/mol. The standard InChI is InChI=1S/C12H16N4O2/c1-3-4-5-10-9(12(18)16-14-10)6-8-7(2)13-15-11(8)17/h6H,3-5H2,1-2H3,(H,16,18)(H2,13,15,17). The quantitative estimate of drug-likeness (QED) is 0.696. The number of carbonyl (C=O) groups is 1. The molecular weight excluding hydrogens is 232 g/mol. The molecule has 96 valence electrons. The van der Waals surface area contributed by atoms with Gasteiger partial charge in [-0.25, -0.2) is 5.43 Å². The van der Waals surface area contributed by atoms with Crippen LogP contribution in [-0.4, -0.2) is 21.8 Å². The van der Waals surface area contributed by atoms with E-state index in [1.807, 2.05) is 0 Å². The topological polar surface area (TPSA) is 90.1 Å². The number of hydrogen-bond donors (Lipinski definition) is 3. The molecule has 1 amide bonds. The third-order valence-corrected chi connectivity index (χ3v) is 2.92. The molecule has 1 aliphatic rings. The first kappa shape index (κ1) is 12.3. The largest absolute Gasteiger partial charge is 0.302 e. The van der Waals surface area contributed by atoms with Crippen molar-refractivity contribution in [1.82, 2.24) is 15.6 Å². The Morgan fingerprint density at radius 2 is 2.06 bits per heavy atom. The Labute approximate surface area is 104 Å². The highest BCUT2D eigenvalue weighted by atomic mass is 16.2. The van der Waals surface area contributed by atoms with Gasteiger partial charge >= 0.3 is 0 Å². The molecule has 3 N–H and O–H groups in total. The first-order valence-electron chi connectivity index (χ1n) is 5.99. The first-order valence-corrected chi connectivity index (χ1v) is 5.99. The zero-order chi connectivity index (χ0) is 13.1. The van der Waals surface area contributed by atoms with Crippen LogP contribution in [0.4, 0.5) is 0 Å². The van der Waals surface area contributed by atoms with Crippen LogP contribution < -0.4 is 11.0 Å². The highest BCUT2D eigenvalue weighted by molar-refractivity contribution is 6.27. The molecule has 1 aromatic heterocycles. The van der Waals surface area contributed by atoms with Gasteiger partial charge in [-0.05, 0) is 25.8 Å². The van der Waals surface area contributed by atoms with Crippen LogP contribution in [0, 0.1) is 6.92 Å². The fourth-order valence-electron chi connectivity index (χ4n) is 1.83. The van der Waals surface area contributed by atoms with E-state index < -0.39 is 0 Å². The van der Waals surface area contributed by atoms with Gasteiger partial charge in [0.25, 0.3) is 11.5 Å². The molecule has 0 spiro atoms. The van der Waals surface area contributed by atoms with Crippen molar-refractivity contribution in [2.75, 3.05) is 0 Å². The van der Waals surface area contributed by atoms with Gasteiger partial charge in [0.05, 0.1) is 16.8 Å². The van der Waals surface area contributed by atoms with Gasteiger partial charge < -0.3 is 5.10 Å². The summed E-state index contributed by atoms with van der Waals surface area (Å²) in [6.07, 6.45) is 4.34. The fourth-order valence-corrected chi connectivity index (χ4v) is 1.83. The van der Waals surface area contributed by atoms with Crippen LogP contribution in [-0.2, 0) is 4.79 Å². The molecule has 1 aromatic rings. The van der Waals surface area contributed by atoms with E-state index in [0.717, 1.165) is 25.0 Å². The van der Waals surface area contributed by atoms with Crippen molar-refractivity contribution in [3.63, 3.8) is 0 Å². The molecule has 6 nitrogen and oxygen atoms in total. The molecular formula is C12H16N4O2. The maximum Gasteiger partial charge on any atom is 0.273 e. The Bertz CT molecular complexity index is 577. The number of unbranched alkanes of at least 4 members (excludes halogenated alkanes) is 1. The van der Waals surface area contributed by atoms with Crippen LogP contribution in [0.3, 0.4) is 0 Å². The van der Waals surface area contributed by atoms with Gasteiger partial charge in [-0.2, -0.15) is 5.10 Å². The Kier molecular flexibility index (Phi) is 3.45. The number of aromatic amines is 2. The number of nitrogens with one attached hydrogen (secondary N) is 3. The minimum atomic E-state index is -0.249. The molecule has 0 saturated carbocycles. The number of amides is 1. The van der Waals surface area contributed by atoms with E-state index >= 15 is 0 Å². The SMILES string of the molecule is CCCCC1=NNC(=O)C1=Cc1c(C)[nH][nH]c1=O. The van der Waals surface area contributed by atoms with Crippen LogP contribution in [0.2, 0.25) is 0 Å². The average Bonchev–Trinajstić information content (AvgIpc) is 2.85. The maximum absolute atomic E-state index is 11.7. The number of aromatic nitrogens is 2. The van der Waals surface area contributed by atoms with Crippen LogP contribution in [0.25, 0.3) is 6.08 Å². The number of nitrogens with zero attached hydrogens (tertiary/aromatic N) is 1. The second-order valence-corrected chi connectivity index (χ2v) is 4.28. The number of H-pyrrole nitrogens is 2. The molecule has 0 fully saturated rings. The zero-order valence-corrected chi connectivity index (χ0v) is 10.5. The molecule has 2 heterocycles. The number of hydrogen-bond acceptors (Lipinski definition) is 3. The minimum absolute atomic E-state index is 0.227. The van der Waals surface area contributed by atoms with E-state index in [-0.39, 0.29) is 11.5 Å². The molecule has 0 aromatic carbocycles. The molecule has 0 radical (unpaired) electrons. The summed E-state index contributed by atoms with van der Waals surface area (Å²) >= 11 is 0. The van der Waals surface area contributed by atoms with E-state index in [0.29, 0.717) is 16.8 Å². The Morgan fingerprint density at radius 1 is 1.28 bits per heavy atom. The first-order chi connectivity index (χ1) is 8.63. The second kappa shape index (κ2) is 5.03. The molecule has 0 unspecified atom stereocenters. The zero-order valence-electron chi connectivity index (χ0n) is 10.5. The summed E-state index contributed by atoms with van der Waals surface area (Å²) < 4.78 is 0. The monoisotopic (exact) mass is 248 g/mol. The summed E-state index contributed by atoms with van der Waals surface area (Å²) in [6, 6.07) is 0. The molecule has 0 saturated heterocycles. The molecule has 0 atom stereocenters. The number of carbonyl (C=O) groups excluding carboxylic acids is 1. The van der Waals surface area contributed by atoms with Crippen LogP contribution in [0.15, 0.2) is 15.5 Å². The van der Waals surface area contributed by atoms with E-state index in [4.69, 9.17) is 0 Å². The van der Waals surface area contributed by atoms with Gasteiger partial charge in [0.1, 0.15) is 0 Å². The van der Waals surface area contributed by atoms with Crippen molar-refractivity contribution >= 4 is 17.7 Å². The number of aryl methyl sites for hydroxylation is 1. The Morgan fingerprint density at radius 3 is 2.67 bits per heavy atom. The molecule has 6 heteroatoms. The van der Waals surface area contributed by atoms with E-state index in [1.165, 1.54) is 0 Å². The van der Waals surface area contributed by atoms with Gasteiger partial charge in [0, 0.05) is 5.69 Å². The normalized spacial score (nSPS) is 17.1. The summed E-state index contributed by atoms with van der Waals surface area (Å²) in [7, 11) is 0. The lowest BCUT2D eigenvalue weighted by Crippen LogP contribution is -2.14. The van der Waals surface area contributed by atoms with Crippen molar-refractivity contribution in [1.29, 1.82) is 0 Å². The molecule has 0 aliphatic carbocycles. The average molecular weight is 248 g/mol. The van der Waals surface area contributed by atoms with Crippen molar-refractivity contribution in [3.05, 3.63) is 27.2 Å². The third kappa shape index (κ3) is 2.27. The van der Waals surface area contributed by atoms with Gasteiger partial charge in [0.15, 0.2) is 0 Å². The molecule has 1 aliphatic heterocycles. The molecule has 0 bridgehead atoms. The lowest BCUT2D eigenvalue weighted by molar-refractivity contribution is -0.116. The van der Waals surface area contributed by atoms with E-state index in [1.54, 1.807) is 13.0 Å². The third-order valence-electron chi connectivity index (χ3n) is 2.92. The highest BCUT2D eigenvalue weighted by Crippen LogP contribution is 2.15. The smallest absolute Gasteiger partial charge is 0.273 e. The summed E-state index contributed by atoms with van der Waals surface area (Å²) in [6.45, 7) is 3.86. The van der Waals surface area contributed by atoms with Crippen molar-refractivity contribution in [3.8, 4) is 0 Å². The van der Waals surface area contributed by atoms with Crippen LogP contribution in [0.1, 0.15) is 37.4 Å². The van der Waals surface area contributed by atoms with Gasteiger partial charge in [-0.3, -0.25) is 14.7 Å². The van der Waals surface area contributed by atoms with Gasteiger partial charge in [-0.1, -0.05) is 13.3 Å². The summed E-state index contributed by atoms with van der Waals surface area (Å²) in [5.74, 6) is -0.249.